The van der Waals surface area contributed by atoms with Gasteiger partial charge >= 0.3 is 0 Å². The van der Waals surface area contributed by atoms with E-state index in [2.05, 4.69) is 16.7 Å². The summed E-state index contributed by atoms with van der Waals surface area (Å²) in [6.45, 7) is 8.48. The molecule has 1 aromatic carbocycles. The molecule has 0 fully saturated rings. The highest BCUT2D eigenvalue weighted by Crippen LogP contribution is 2.16. The van der Waals surface area contributed by atoms with Crippen LogP contribution in [-0.2, 0) is 4.79 Å². The Balaban J connectivity index is 2.39. The van der Waals surface area contributed by atoms with Crippen molar-refractivity contribution in [1.29, 1.82) is 0 Å². The molecule has 4 nitrogen and oxygen atoms in total. The number of hydrogen-bond acceptors (Lipinski definition) is 3. The Morgan fingerprint density at radius 2 is 2.00 bits per heavy atom. The van der Waals surface area contributed by atoms with Crippen molar-refractivity contribution in [3.63, 3.8) is 0 Å². The van der Waals surface area contributed by atoms with Gasteiger partial charge in [-0.1, -0.05) is 17.7 Å². The molecule has 0 radical (unpaired) electrons. The van der Waals surface area contributed by atoms with E-state index in [0.717, 1.165) is 17.8 Å². The first kappa shape index (κ1) is 16.7. The Morgan fingerprint density at radius 1 is 1.30 bits per heavy atom. The second kappa shape index (κ2) is 8.02. The Hall–Kier alpha value is -1.39. The van der Waals surface area contributed by atoms with Gasteiger partial charge in [0.1, 0.15) is 0 Å². The number of carbonyl (C=O) groups is 1. The van der Waals surface area contributed by atoms with Crippen molar-refractivity contribution in [2.75, 3.05) is 11.9 Å². The fourth-order valence-electron chi connectivity index (χ4n) is 2.04. The minimum Gasteiger partial charge on any atom is -0.393 e. The molecule has 0 spiro atoms. The molecule has 0 bridgehead atoms. The molecule has 0 aliphatic rings. The molecule has 1 rings (SSSR count). The van der Waals surface area contributed by atoms with E-state index in [1.54, 1.807) is 6.92 Å². The number of hydrogen-bond donors (Lipinski definition) is 3. The average molecular weight is 278 g/mol. The lowest BCUT2D eigenvalue weighted by atomic mass is 10.1. The van der Waals surface area contributed by atoms with Crippen molar-refractivity contribution in [3.05, 3.63) is 29.3 Å². The van der Waals surface area contributed by atoms with Crippen LogP contribution in [0.15, 0.2) is 18.2 Å². The van der Waals surface area contributed by atoms with E-state index in [0.29, 0.717) is 12.8 Å². The van der Waals surface area contributed by atoms with Crippen LogP contribution in [0.2, 0.25) is 0 Å². The molecule has 2 atom stereocenters. The Labute approximate surface area is 121 Å². The number of aryl methyl sites for hydroxylation is 2. The SMILES string of the molecule is Cc1ccc(NC(=O)CC(C)NCCC(C)O)c(C)c1. The van der Waals surface area contributed by atoms with E-state index < -0.39 is 0 Å². The molecular formula is C16H26N2O2. The number of benzene rings is 1. The summed E-state index contributed by atoms with van der Waals surface area (Å²) < 4.78 is 0. The number of amides is 1. The van der Waals surface area contributed by atoms with Crippen molar-refractivity contribution < 1.29 is 9.90 Å². The molecule has 20 heavy (non-hydrogen) atoms. The fraction of sp³-hybridized carbons (Fsp3) is 0.562. The van der Waals surface area contributed by atoms with Gasteiger partial charge in [0.05, 0.1) is 6.10 Å². The molecular weight excluding hydrogens is 252 g/mol. The Bertz CT molecular complexity index is 444. The first-order valence-corrected chi connectivity index (χ1v) is 7.17. The Morgan fingerprint density at radius 3 is 2.60 bits per heavy atom. The molecule has 1 aromatic rings. The smallest absolute Gasteiger partial charge is 0.225 e. The van der Waals surface area contributed by atoms with Gasteiger partial charge in [0.2, 0.25) is 5.91 Å². The first-order chi connectivity index (χ1) is 9.38. The maximum atomic E-state index is 12.0. The zero-order valence-corrected chi connectivity index (χ0v) is 12.9. The summed E-state index contributed by atoms with van der Waals surface area (Å²) in [5.74, 6) is 0.00833. The lowest BCUT2D eigenvalue weighted by Crippen LogP contribution is -2.32. The third kappa shape index (κ3) is 6.17. The highest BCUT2D eigenvalue weighted by molar-refractivity contribution is 5.91. The zero-order chi connectivity index (χ0) is 15.1. The lowest BCUT2D eigenvalue weighted by Gasteiger charge is -2.15. The van der Waals surface area contributed by atoms with Gasteiger partial charge in [-0.15, -0.1) is 0 Å². The summed E-state index contributed by atoms with van der Waals surface area (Å²) in [4.78, 5) is 12.0. The quantitative estimate of drug-likeness (QED) is 0.717. The number of nitrogens with one attached hydrogen (secondary N) is 2. The van der Waals surface area contributed by atoms with E-state index in [9.17, 15) is 9.90 Å². The Kier molecular flexibility index (Phi) is 6.68. The average Bonchev–Trinajstić information content (AvgIpc) is 2.32. The second-order valence-corrected chi connectivity index (χ2v) is 5.56. The van der Waals surface area contributed by atoms with Gasteiger partial charge in [-0.05, 0) is 52.3 Å². The second-order valence-electron chi connectivity index (χ2n) is 5.56. The number of anilines is 1. The predicted octanol–water partition coefficient (Wildman–Crippen LogP) is 2.38. The van der Waals surface area contributed by atoms with Gasteiger partial charge in [0.15, 0.2) is 0 Å². The van der Waals surface area contributed by atoms with Crippen LogP contribution in [-0.4, -0.2) is 29.7 Å². The van der Waals surface area contributed by atoms with Crippen LogP contribution in [0.3, 0.4) is 0 Å². The van der Waals surface area contributed by atoms with Gasteiger partial charge in [-0.2, -0.15) is 0 Å². The van der Waals surface area contributed by atoms with Crippen LogP contribution in [0.25, 0.3) is 0 Å². The molecule has 0 heterocycles. The number of aliphatic hydroxyl groups is 1. The van der Waals surface area contributed by atoms with E-state index in [-0.39, 0.29) is 18.1 Å². The zero-order valence-electron chi connectivity index (χ0n) is 12.9. The maximum Gasteiger partial charge on any atom is 0.225 e. The van der Waals surface area contributed by atoms with Crippen molar-refractivity contribution in [2.45, 2.75) is 52.7 Å². The lowest BCUT2D eigenvalue weighted by molar-refractivity contribution is -0.116. The van der Waals surface area contributed by atoms with E-state index in [4.69, 9.17) is 0 Å². The van der Waals surface area contributed by atoms with Gasteiger partial charge in [0.25, 0.3) is 0 Å². The van der Waals surface area contributed by atoms with Crippen LogP contribution < -0.4 is 10.6 Å². The topological polar surface area (TPSA) is 61.4 Å². The molecule has 4 heteroatoms. The van der Waals surface area contributed by atoms with Crippen LogP contribution in [0.4, 0.5) is 5.69 Å². The summed E-state index contributed by atoms with van der Waals surface area (Å²) in [5, 5.41) is 15.3. The van der Waals surface area contributed by atoms with Gasteiger partial charge < -0.3 is 15.7 Å². The summed E-state index contributed by atoms with van der Waals surface area (Å²) >= 11 is 0. The molecule has 0 aliphatic heterocycles. The molecule has 2 unspecified atom stereocenters. The third-order valence-electron chi connectivity index (χ3n) is 3.20. The molecule has 112 valence electrons. The minimum atomic E-state index is -0.307. The van der Waals surface area contributed by atoms with Crippen LogP contribution >= 0.6 is 0 Å². The van der Waals surface area contributed by atoms with Crippen molar-refractivity contribution in [1.82, 2.24) is 5.32 Å². The third-order valence-corrected chi connectivity index (χ3v) is 3.20. The predicted molar refractivity (Wildman–Crippen MR) is 82.9 cm³/mol. The molecule has 0 aliphatic carbocycles. The van der Waals surface area contributed by atoms with Crippen molar-refractivity contribution in [2.24, 2.45) is 0 Å². The summed E-state index contributed by atoms with van der Waals surface area (Å²) in [6.07, 6.45) is 0.814. The van der Waals surface area contributed by atoms with Gasteiger partial charge in [0, 0.05) is 18.2 Å². The minimum absolute atomic E-state index is 0.00833. The van der Waals surface area contributed by atoms with Crippen LogP contribution in [0, 0.1) is 13.8 Å². The van der Waals surface area contributed by atoms with E-state index in [1.807, 2.05) is 32.9 Å². The summed E-state index contributed by atoms with van der Waals surface area (Å²) in [6, 6.07) is 6.08. The molecule has 1 amide bonds. The van der Waals surface area contributed by atoms with E-state index in [1.165, 1.54) is 5.56 Å². The maximum absolute atomic E-state index is 12.0. The van der Waals surface area contributed by atoms with Gasteiger partial charge in [-0.25, -0.2) is 0 Å². The highest BCUT2D eigenvalue weighted by atomic mass is 16.3. The van der Waals surface area contributed by atoms with Gasteiger partial charge in [-0.3, -0.25) is 4.79 Å². The molecule has 3 N–H and O–H groups in total. The first-order valence-electron chi connectivity index (χ1n) is 7.17. The normalized spacial score (nSPS) is 13.8. The van der Waals surface area contributed by atoms with Crippen molar-refractivity contribution >= 4 is 11.6 Å². The monoisotopic (exact) mass is 278 g/mol. The number of aliphatic hydroxyl groups excluding tert-OH is 1. The fourth-order valence-corrected chi connectivity index (χ4v) is 2.04. The van der Waals surface area contributed by atoms with Crippen LogP contribution in [0.5, 0.6) is 0 Å². The standard InChI is InChI=1S/C16H26N2O2/c1-11-5-6-15(12(2)9-11)18-16(20)10-13(3)17-8-7-14(4)19/h5-6,9,13-14,17,19H,7-8,10H2,1-4H3,(H,18,20). The number of rotatable bonds is 7. The molecule has 0 aromatic heterocycles. The highest BCUT2D eigenvalue weighted by Gasteiger charge is 2.10. The summed E-state index contributed by atoms with van der Waals surface area (Å²) in [5.41, 5.74) is 3.14. The molecule has 0 saturated heterocycles. The largest absolute Gasteiger partial charge is 0.393 e. The molecule has 0 saturated carbocycles. The van der Waals surface area contributed by atoms with Crippen molar-refractivity contribution in [3.8, 4) is 0 Å². The van der Waals surface area contributed by atoms with E-state index >= 15 is 0 Å². The van der Waals surface area contributed by atoms with Crippen LogP contribution in [0.1, 0.15) is 37.8 Å². The number of carbonyl (C=O) groups excluding carboxylic acids is 1. The summed E-state index contributed by atoms with van der Waals surface area (Å²) in [7, 11) is 0.